The number of rotatable bonds is 8. The number of imidazole rings is 1. The van der Waals surface area contributed by atoms with Crippen LogP contribution in [0.1, 0.15) is 35.3 Å². The number of nitrogens with two attached hydrogens (primary N) is 1. The molecule has 5 heterocycles. The number of ether oxygens (including phenoxy) is 1. The van der Waals surface area contributed by atoms with Crippen LogP contribution in [0.3, 0.4) is 0 Å². The quantitative estimate of drug-likeness (QED) is 0.229. The number of hydrogen-bond acceptors (Lipinski definition) is 7. The Bertz CT molecular complexity index is 2050. The molecule has 236 valence electrons. The number of likely N-dealkylation sites (tertiary alicyclic amines) is 1. The maximum absolute atomic E-state index is 13.8. The van der Waals surface area contributed by atoms with Gasteiger partial charge in [0.15, 0.2) is 5.88 Å². The van der Waals surface area contributed by atoms with Gasteiger partial charge in [0.1, 0.15) is 22.8 Å². The Morgan fingerprint density at radius 3 is 2.69 bits per heavy atom. The highest BCUT2D eigenvalue weighted by atomic mass is 32.2. The Kier molecular flexibility index (Phi) is 6.80. The average Bonchev–Trinajstić information content (AvgIpc) is 3.49. The number of alkyl halides is 2. The van der Waals surface area contributed by atoms with Gasteiger partial charge in [-0.15, -0.1) is 5.73 Å². The van der Waals surface area contributed by atoms with Crippen molar-refractivity contribution in [1.82, 2.24) is 23.8 Å². The number of carbonyl (C=O) groups is 1. The highest BCUT2D eigenvalue weighted by Gasteiger charge is 2.41. The van der Waals surface area contributed by atoms with Crippen molar-refractivity contribution >= 4 is 38.4 Å². The van der Waals surface area contributed by atoms with Crippen LogP contribution in [0, 0.1) is 18.8 Å². The lowest BCUT2D eigenvalue weighted by Gasteiger charge is -2.41. The van der Waals surface area contributed by atoms with Crippen molar-refractivity contribution in [2.75, 3.05) is 30.8 Å². The van der Waals surface area contributed by atoms with Crippen molar-refractivity contribution in [3.8, 4) is 17.3 Å². The summed E-state index contributed by atoms with van der Waals surface area (Å²) in [5.41, 5.74) is 12.4. The molecule has 1 saturated carbocycles. The molecule has 7 rings (SSSR count). The van der Waals surface area contributed by atoms with Crippen molar-refractivity contribution in [3.63, 3.8) is 0 Å². The van der Waals surface area contributed by atoms with Gasteiger partial charge >= 0.3 is 6.55 Å². The lowest BCUT2D eigenvalue weighted by Crippen LogP contribution is -2.58. The van der Waals surface area contributed by atoms with Crippen LogP contribution in [0.15, 0.2) is 48.2 Å². The highest BCUT2D eigenvalue weighted by molar-refractivity contribution is 7.92. The molecule has 2 fully saturated rings. The summed E-state index contributed by atoms with van der Waals surface area (Å²) in [4.78, 5) is 24.9. The number of fused-ring (bicyclic) bond motifs is 3. The summed E-state index contributed by atoms with van der Waals surface area (Å²) in [6, 6.07) is 8.18. The third kappa shape index (κ3) is 4.97. The summed E-state index contributed by atoms with van der Waals surface area (Å²) >= 11 is 0. The van der Waals surface area contributed by atoms with Gasteiger partial charge < -0.3 is 19.9 Å². The second-order valence-electron chi connectivity index (χ2n) is 12.2. The molecule has 0 spiro atoms. The smallest absolute Gasteiger partial charge is 0.329 e. The molecule has 4 aromatic heterocycles. The Balaban J connectivity index is 1.32. The number of anilines is 1. The third-order valence-corrected chi connectivity index (χ3v) is 10.1. The van der Waals surface area contributed by atoms with E-state index in [4.69, 9.17) is 15.5 Å². The minimum absolute atomic E-state index is 0.0225. The Morgan fingerprint density at radius 2 is 2.00 bits per heavy atom. The first-order valence-electron chi connectivity index (χ1n) is 14.7. The van der Waals surface area contributed by atoms with Gasteiger partial charge in [0, 0.05) is 42.6 Å². The average molecular weight is 638 g/mol. The predicted molar refractivity (Wildman–Crippen MR) is 165 cm³/mol. The molecule has 1 amide bonds. The van der Waals surface area contributed by atoms with Gasteiger partial charge in [-0.2, -0.15) is 13.1 Å². The van der Waals surface area contributed by atoms with E-state index in [0.717, 1.165) is 31.2 Å². The van der Waals surface area contributed by atoms with E-state index in [-0.39, 0.29) is 21.9 Å². The molecule has 2 atom stereocenters. The minimum atomic E-state index is -4.28. The zero-order valence-electron chi connectivity index (χ0n) is 25.1. The van der Waals surface area contributed by atoms with E-state index in [1.54, 1.807) is 23.1 Å². The van der Waals surface area contributed by atoms with Crippen LogP contribution in [0.5, 0.6) is 5.88 Å². The SMILES string of the molecule is COc1cc(C(=O)N2CC[C@@H]3C=C=C[C@]3(N)C2)cc2nc(-c3cc4ccc(N(C(F)F)S(C)(=O)=O)nc4n3CC3CC3)c(C)n12. The van der Waals surface area contributed by atoms with Crippen molar-refractivity contribution < 1.29 is 26.7 Å². The zero-order valence-corrected chi connectivity index (χ0v) is 25.9. The topological polar surface area (TPSA) is 128 Å². The number of sulfonamides is 1. The van der Waals surface area contributed by atoms with Gasteiger partial charge in [-0.3, -0.25) is 9.20 Å². The standard InChI is InChI=1S/C31H33F2N7O4S/c1-18-27(23-13-20-8-9-24(40(30(32)33)45(3,42)43)36-28(20)38(23)16-19-6-7-19)35-25-14-21(15-26(44-2)39(18)25)29(41)37-12-10-22-5-4-11-31(22,34)17-37/h5,8-9,11,13-15,19,22,30H,6-7,10,12,16-17,34H2,1-3H3/t22-,31-/m0/s1. The van der Waals surface area contributed by atoms with Crippen molar-refractivity contribution in [3.05, 3.63) is 59.5 Å². The summed E-state index contributed by atoms with van der Waals surface area (Å²) in [6.07, 6.45) is 7.33. The number of nitrogens with zero attached hydrogens (tertiary/aromatic N) is 6. The van der Waals surface area contributed by atoms with E-state index >= 15 is 0 Å². The van der Waals surface area contributed by atoms with Crippen LogP contribution >= 0.6 is 0 Å². The fourth-order valence-electron chi connectivity index (χ4n) is 6.54. The molecule has 2 aliphatic carbocycles. The molecule has 45 heavy (non-hydrogen) atoms. The number of hydrogen-bond donors (Lipinski definition) is 1. The Hall–Kier alpha value is -4.26. The number of aryl methyl sites for hydroxylation is 1. The molecule has 4 aromatic rings. The van der Waals surface area contributed by atoms with Crippen LogP contribution in [0.25, 0.3) is 28.1 Å². The molecule has 0 aromatic carbocycles. The molecule has 11 nitrogen and oxygen atoms in total. The van der Waals surface area contributed by atoms with E-state index in [0.29, 0.717) is 65.1 Å². The fourth-order valence-corrected chi connectivity index (χ4v) is 7.28. The summed E-state index contributed by atoms with van der Waals surface area (Å²) in [5.74, 6) is 0.439. The number of aromatic nitrogens is 4. The molecule has 1 aliphatic heterocycles. The van der Waals surface area contributed by atoms with Crippen LogP contribution in [0.4, 0.5) is 14.6 Å². The predicted octanol–water partition coefficient (Wildman–Crippen LogP) is 3.95. The first kappa shape index (κ1) is 29.5. The molecular weight excluding hydrogens is 604 g/mol. The van der Waals surface area contributed by atoms with Gasteiger partial charge in [-0.1, -0.05) is 0 Å². The number of halogens is 2. The molecule has 3 aliphatic rings. The highest BCUT2D eigenvalue weighted by Crippen LogP contribution is 2.38. The second-order valence-corrected chi connectivity index (χ2v) is 14.1. The zero-order chi connectivity index (χ0) is 31.8. The number of carbonyl (C=O) groups excluding carboxylic acids is 1. The Morgan fingerprint density at radius 1 is 1.22 bits per heavy atom. The normalized spacial score (nSPS) is 21.3. The minimum Gasteiger partial charge on any atom is -0.482 e. The van der Waals surface area contributed by atoms with E-state index in [1.807, 2.05) is 34.1 Å². The summed E-state index contributed by atoms with van der Waals surface area (Å²) in [5, 5.41) is 0.658. The van der Waals surface area contributed by atoms with Gasteiger partial charge in [0.05, 0.1) is 30.3 Å². The maximum atomic E-state index is 13.8. The van der Waals surface area contributed by atoms with E-state index in [2.05, 4.69) is 10.7 Å². The first-order valence-corrected chi connectivity index (χ1v) is 16.6. The van der Waals surface area contributed by atoms with Gasteiger partial charge in [0.25, 0.3) is 5.91 Å². The van der Waals surface area contributed by atoms with Crippen molar-refractivity contribution in [2.45, 2.75) is 44.8 Å². The summed E-state index contributed by atoms with van der Waals surface area (Å²) < 4.78 is 61.6. The van der Waals surface area contributed by atoms with Crippen LogP contribution < -0.4 is 14.8 Å². The number of piperidine rings is 1. The van der Waals surface area contributed by atoms with Gasteiger partial charge in [-0.25, -0.2) is 18.4 Å². The van der Waals surface area contributed by atoms with Crippen LogP contribution in [-0.2, 0) is 16.6 Å². The molecule has 0 unspecified atom stereocenters. The molecule has 1 saturated heterocycles. The monoisotopic (exact) mass is 637 g/mol. The Labute approximate surface area is 258 Å². The molecule has 0 bridgehead atoms. The number of pyridine rings is 2. The first-order chi connectivity index (χ1) is 21.4. The van der Waals surface area contributed by atoms with E-state index in [1.165, 1.54) is 13.2 Å². The molecule has 2 N–H and O–H groups in total. The maximum Gasteiger partial charge on any atom is 0.329 e. The molecule has 14 heteroatoms. The van der Waals surface area contributed by atoms with Gasteiger partial charge in [-0.05, 0) is 68.5 Å². The molecule has 0 radical (unpaired) electrons. The van der Waals surface area contributed by atoms with E-state index < -0.39 is 22.1 Å². The second kappa shape index (κ2) is 10.4. The van der Waals surface area contributed by atoms with Crippen molar-refractivity contribution in [2.24, 2.45) is 17.6 Å². The summed E-state index contributed by atoms with van der Waals surface area (Å²) in [7, 11) is -2.74. The van der Waals surface area contributed by atoms with Crippen LogP contribution in [-0.4, -0.2) is 76.7 Å². The lowest BCUT2D eigenvalue weighted by atomic mass is 9.82. The third-order valence-electron chi connectivity index (χ3n) is 9.05. The largest absolute Gasteiger partial charge is 0.482 e. The van der Waals surface area contributed by atoms with Crippen LogP contribution in [0.2, 0.25) is 0 Å². The fraction of sp³-hybridized carbons (Fsp3) is 0.419. The summed E-state index contributed by atoms with van der Waals surface area (Å²) in [6.45, 7) is 0.123. The van der Waals surface area contributed by atoms with Gasteiger partial charge in [0.2, 0.25) is 10.0 Å². The van der Waals surface area contributed by atoms with E-state index in [9.17, 15) is 22.0 Å². The van der Waals surface area contributed by atoms with Crippen molar-refractivity contribution in [1.29, 1.82) is 0 Å². The lowest BCUT2D eigenvalue weighted by molar-refractivity contribution is 0.0638. The molecular formula is C31H33F2N7O4S. The number of methoxy groups -OCH3 is 1. The number of amides is 1.